The van der Waals surface area contributed by atoms with E-state index in [1.807, 2.05) is 6.07 Å². The number of nitrogen functional groups attached to an aromatic ring is 1. The van der Waals surface area contributed by atoms with E-state index in [1.54, 1.807) is 12.1 Å². The maximum absolute atomic E-state index is 13.3. The smallest absolute Gasteiger partial charge is 0.227 e. The van der Waals surface area contributed by atoms with Crippen molar-refractivity contribution in [2.24, 2.45) is 0 Å². The molecule has 0 unspecified atom stereocenters. The molecule has 2 N–H and O–H groups in total. The number of nitrogens with zero attached hydrogens (tertiary/aromatic N) is 3. The van der Waals surface area contributed by atoms with Crippen LogP contribution in [0.4, 0.5) is 16.2 Å². The topological polar surface area (TPSA) is 55.0 Å². The van der Waals surface area contributed by atoms with Crippen molar-refractivity contribution in [1.29, 1.82) is 0 Å². The number of hydrogen-bond donors (Lipinski definition) is 1. The van der Waals surface area contributed by atoms with Crippen LogP contribution >= 0.6 is 0 Å². The lowest BCUT2D eigenvalue weighted by atomic mass is 10.1. The van der Waals surface area contributed by atoms with Crippen LogP contribution in [-0.4, -0.2) is 23.1 Å². The SMILES string of the molecule is Nc1cc(-c2cccc(F)c2)nc(N2CCCC2)n1. The highest BCUT2D eigenvalue weighted by atomic mass is 19.1. The molecule has 2 aromatic rings. The summed E-state index contributed by atoms with van der Waals surface area (Å²) >= 11 is 0. The minimum atomic E-state index is -0.280. The van der Waals surface area contributed by atoms with Gasteiger partial charge in [-0.15, -0.1) is 0 Å². The Morgan fingerprint density at radius 1 is 1.11 bits per heavy atom. The molecule has 19 heavy (non-hydrogen) atoms. The highest BCUT2D eigenvalue weighted by molar-refractivity contribution is 5.63. The zero-order valence-electron chi connectivity index (χ0n) is 10.5. The van der Waals surface area contributed by atoms with Gasteiger partial charge in [-0.25, -0.2) is 9.37 Å². The number of anilines is 2. The van der Waals surface area contributed by atoms with Crippen molar-refractivity contribution in [3.05, 3.63) is 36.1 Å². The largest absolute Gasteiger partial charge is 0.384 e. The summed E-state index contributed by atoms with van der Waals surface area (Å²) in [4.78, 5) is 10.9. The lowest BCUT2D eigenvalue weighted by Gasteiger charge is -2.16. The second-order valence-electron chi connectivity index (χ2n) is 4.68. The van der Waals surface area contributed by atoms with Crippen LogP contribution < -0.4 is 10.6 Å². The fourth-order valence-electron chi connectivity index (χ4n) is 2.31. The van der Waals surface area contributed by atoms with Gasteiger partial charge in [0.15, 0.2) is 0 Å². The number of benzene rings is 1. The number of halogens is 1. The maximum atomic E-state index is 13.3. The van der Waals surface area contributed by atoms with Crippen LogP contribution in [0.5, 0.6) is 0 Å². The summed E-state index contributed by atoms with van der Waals surface area (Å²) in [6.45, 7) is 1.90. The average molecular weight is 258 g/mol. The van der Waals surface area contributed by atoms with Gasteiger partial charge >= 0.3 is 0 Å². The zero-order valence-corrected chi connectivity index (χ0v) is 10.5. The van der Waals surface area contributed by atoms with E-state index < -0.39 is 0 Å². The molecule has 0 bridgehead atoms. The van der Waals surface area contributed by atoms with Gasteiger partial charge in [0.05, 0.1) is 5.69 Å². The predicted molar refractivity (Wildman–Crippen MR) is 73.3 cm³/mol. The van der Waals surface area contributed by atoms with Gasteiger partial charge in [0, 0.05) is 24.7 Å². The van der Waals surface area contributed by atoms with Crippen LogP contribution in [-0.2, 0) is 0 Å². The molecule has 98 valence electrons. The van der Waals surface area contributed by atoms with Crippen molar-refractivity contribution in [2.45, 2.75) is 12.8 Å². The van der Waals surface area contributed by atoms with Crippen molar-refractivity contribution in [1.82, 2.24) is 9.97 Å². The van der Waals surface area contributed by atoms with E-state index >= 15 is 0 Å². The van der Waals surface area contributed by atoms with Gasteiger partial charge in [-0.2, -0.15) is 4.98 Å². The molecule has 0 spiro atoms. The number of nitrogens with two attached hydrogens (primary N) is 1. The molecule has 1 saturated heterocycles. The van der Waals surface area contributed by atoms with Crippen molar-refractivity contribution >= 4 is 11.8 Å². The van der Waals surface area contributed by atoms with E-state index in [-0.39, 0.29) is 5.82 Å². The zero-order chi connectivity index (χ0) is 13.2. The lowest BCUT2D eigenvalue weighted by molar-refractivity contribution is 0.628. The molecule has 1 aromatic heterocycles. The molecule has 4 nitrogen and oxygen atoms in total. The summed E-state index contributed by atoms with van der Waals surface area (Å²) in [5, 5.41) is 0. The highest BCUT2D eigenvalue weighted by Gasteiger charge is 2.16. The Morgan fingerprint density at radius 2 is 1.89 bits per heavy atom. The summed E-state index contributed by atoms with van der Waals surface area (Å²) in [6, 6.07) is 8.02. The van der Waals surface area contributed by atoms with Gasteiger partial charge in [-0.1, -0.05) is 12.1 Å². The molecule has 0 saturated carbocycles. The fraction of sp³-hybridized carbons (Fsp3) is 0.286. The number of hydrogen-bond acceptors (Lipinski definition) is 4. The normalized spacial score (nSPS) is 14.9. The predicted octanol–water partition coefficient (Wildman–Crippen LogP) is 2.47. The van der Waals surface area contributed by atoms with E-state index in [0.717, 1.165) is 31.5 Å². The van der Waals surface area contributed by atoms with Gasteiger partial charge in [-0.05, 0) is 25.0 Å². The summed E-state index contributed by atoms with van der Waals surface area (Å²) in [7, 11) is 0. The van der Waals surface area contributed by atoms with Crippen LogP contribution in [0.2, 0.25) is 0 Å². The van der Waals surface area contributed by atoms with Gasteiger partial charge in [0.25, 0.3) is 0 Å². The molecule has 1 fully saturated rings. The first-order valence-corrected chi connectivity index (χ1v) is 6.38. The van der Waals surface area contributed by atoms with Crippen LogP contribution in [0.25, 0.3) is 11.3 Å². The molecule has 3 rings (SSSR count). The third-order valence-electron chi connectivity index (χ3n) is 3.24. The van der Waals surface area contributed by atoms with E-state index in [1.165, 1.54) is 12.1 Å². The molecule has 5 heteroatoms. The Morgan fingerprint density at radius 3 is 2.63 bits per heavy atom. The molecule has 0 atom stereocenters. The monoisotopic (exact) mass is 258 g/mol. The quantitative estimate of drug-likeness (QED) is 0.899. The Labute approximate surface area is 111 Å². The lowest BCUT2D eigenvalue weighted by Crippen LogP contribution is -2.21. The number of rotatable bonds is 2. The van der Waals surface area contributed by atoms with Crippen LogP contribution in [0, 0.1) is 5.82 Å². The first-order valence-electron chi connectivity index (χ1n) is 6.38. The second kappa shape index (κ2) is 4.84. The molecule has 2 heterocycles. The van der Waals surface area contributed by atoms with Crippen molar-refractivity contribution in [3.63, 3.8) is 0 Å². The molecule has 1 aliphatic heterocycles. The highest BCUT2D eigenvalue weighted by Crippen LogP contribution is 2.24. The van der Waals surface area contributed by atoms with Crippen LogP contribution in [0.1, 0.15) is 12.8 Å². The Bertz CT molecular complexity index is 594. The minimum Gasteiger partial charge on any atom is -0.384 e. The van der Waals surface area contributed by atoms with Gasteiger partial charge < -0.3 is 10.6 Å². The summed E-state index contributed by atoms with van der Waals surface area (Å²) < 4.78 is 13.3. The molecule has 0 aliphatic carbocycles. The van der Waals surface area contributed by atoms with Crippen molar-refractivity contribution in [3.8, 4) is 11.3 Å². The summed E-state index contributed by atoms with van der Waals surface area (Å²) in [5.41, 5.74) is 7.21. The Hall–Kier alpha value is -2.17. The van der Waals surface area contributed by atoms with Gasteiger partial charge in [-0.3, -0.25) is 0 Å². The fourth-order valence-corrected chi connectivity index (χ4v) is 2.31. The van der Waals surface area contributed by atoms with Gasteiger partial charge in [0.1, 0.15) is 11.6 Å². The Balaban J connectivity index is 2.01. The van der Waals surface area contributed by atoms with Crippen LogP contribution in [0.15, 0.2) is 30.3 Å². The summed E-state index contributed by atoms with van der Waals surface area (Å²) in [5.74, 6) is 0.769. The first kappa shape index (κ1) is 11.9. The minimum absolute atomic E-state index is 0.280. The molecular weight excluding hydrogens is 243 g/mol. The van der Waals surface area contributed by atoms with Crippen molar-refractivity contribution in [2.75, 3.05) is 23.7 Å². The van der Waals surface area contributed by atoms with Gasteiger partial charge in [0.2, 0.25) is 5.95 Å². The van der Waals surface area contributed by atoms with E-state index in [0.29, 0.717) is 17.5 Å². The van der Waals surface area contributed by atoms with E-state index in [4.69, 9.17) is 5.73 Å². The average Bonchev–Trinajstić information content (AvgIpc) is 2.92. The third-order valence-corrected chi connectivity index (χ3v) is 3.24. The molecule has 0 radical (unpaired) electrons. The molecular formula is C14H15FN4. The Kier molecular flexibility index (Phi) is 3.03. The van der Waals surface area contributed by atoms with E-state index in [9.17, 15) is 4.39 Å². The first-order chi connectivity index (χ1) is 9.22. The van der Waals surface area contributed by atoms with E-state index in [2.05, 4.69) is 14.9 Å². The van der Waals surface area contributed by atoms with Crippen LogP contribution in [0.3, 0.4) is 0 Å². The number of aromatic nitrogens is 2. The van der Waals surface area contributed by atoms with Crippen molar-refractivity contribution < 1.29 is 4.39 Å². The summed E-state index contributed by atoms with van der Waals surface area (Å²) in [6.07, 6.45) is 2.29. The molecule has 1 aromatic carbocycles. The third kappa shape index (κ3) is 2.50. The molecule has 0 amide bonds. The maximum Gasteiger partial charge on any atom is 0.227 e. The standard InChI is InChI=1S/C14H15FN4/c15-11-5-3-4-10(8-11)12-9-13(16)18-14(17-12)19-6-1-2-7-19/h3-5,8-9H,1-2,6-7H2,(H2,16,17,18). The molecule has 1 aliphatic rings. The second-order valence-corrected chi connectivity index (χ2v) is 4.68.